The molecule has 0 aromatic heterocycles. The van der Waals surface area contributed by atoms with Gasteiger partial charge in [-0.2, -0.15) is 0 Å². The third kappa shape index (κ3) is 3.86. The van der Waals surface area contributed by atoms with Crippen LogP contribution in [0.1, 0.15) is 29.0 Å². The number of benzene rings is 2. The van der Waals surface area contributed by atoms with Crippen LogP contribution in [-0.2, 0) is 6.54 Å². The Labute approximate surface area is 152 Å². The van der Waals surface area contributed by atoms with Crippen molar-refractivity contribution in [2.45, 2.75) is 18.9 Å². The van der Waals surface area contributed by atoms with E-state index in [-0.39, 0.29) is 12.5 Å². The molecular weight excluding hydrogens is 345 g/mol. The van der Waals surface area contributed by atoms with Crippen LogP contribution in [0.4, 0.5) is 0 Å². The average Bonchev–Trinajstić information content (AvgIpc) is 2.54. The number of rotatable bonds is 5. The minimum atomic E-state index is 0.144. The van der Waals surface area contributed by atoms with E-state index in [4.69, 9.17) is 33.0 Å². The largest absolute Gasteiger partial charge is 0.493 e. The van der Waals surface area contributed by atoms with Crippen LogP contribution in [0.3, 0.4) is 0 Å². The lowest BCUT2D eigenvalue weighted by Crippen LogP contribution is -2.31. The Morgan fingerprint density at radius 3 is 2.71 bits per heavy atom. The molecule has 128 valence electrons. The van der Waals surface area contributed by atoms with Gasteiger partial charge in [0.15, 0.2) is 0 Å². The summed E-state index contributed by atoms with van der Waals surface area (Å²) in [6, 6.07) is 11.9. The highest BCUT2D eigenvalue weighted by atomic mass is 35.5. The Hall–Kier alpha value is -1.26. The molecule has 1 atom stereocenters. The lowest BCUT2D eigenvalue weighted by Gasteiger charge is -2.33. The predicted octanol–water partition coefficient (Wildman–Crippen LogP) is 4.33. The third-order valence-electron chi connectivity index (χ3n) is 4.33. The van der Waals surface area contributed by atoms with Crippen LogP contribution in [0.5, 0.6) is 5.75 Å². The number of hydrogen-bond donors (Lipinski definition) is 1. The molecule has 1 aliphatic heterocycles. The van der Waals surface area contributed by atoms with Gasteiger partial charge in [-0.25, -0.2) is 0 Å². The van der Waals surface area contributed by atoms with E-state index in [0.29, 0.717) is 23.1 Å². The molecule has 1 aliphatic rings. The third-order valence-corrected chi connectivity index (χ3v) is 4.90. The molecule has 1 unspecified atom stereocenters. The van der Waals surface area contributed by atoms with Gasteiger partial charge in [0, 0.05) is 42.1 Å². The van der Waals surface area contributed by atoms with Crippen molar-refractivity contribution in [1.82, 2.24) is 4.90 Å². The van der Waals surface area contributed by atoms with Gasteiger partial charge in [-0.15, -0.1) is 0 Å². The number of aliphatic hydroxyl groups is 1. The molecule has 0 radical (unpaired) electrons. The summed E-state index contributed by atoms with van der Waals surface area (Å²) in [6.07, 6.45) is 0.639. The Bertz CT molecular complexity index is 721. The SMILES string of the molecule is CN1Cc2cc(OCCCO)ccc2C(c2ccc(Cl)cc2Cl)C1. The summed E-state index contributed by atoms with van der Waals surface area (Å²) >= 11 is 12.5. The smallest absolute Gasteiger partial charge is 0.119 e. The van der Waals surface area contributed by atoms with Crippen LogP contribution in [0.15, 0.2) is 36.4 Å². The number of aliphatic hydroxyl groups excluding tert-OH is 1. The highest BCUT2D eigenvalue weighted by molar-refractivity contribution is 6.35. The van der Waals surface area contributed by atoms with Crippen LogP contribution in [0, 0.1) is 0 Å². The first-order valence-electron chi connectivity index (χ1n) is 8.08. The number of fused-ring (bicyclic) bond motifs is 1. The van der Waals surface area contributed by atoms with Gasteiger partial charge < -0.3 is 14.7 Å². The number of halogens is 2. The number of hydrogen-bond acceptors (Lipinski definition) is 3. The van der Waals surface area contributed by atoms with Crippen molar-refractivity contribution in [2.75, 3.05) is 26.8 Å². The molecule has 0 saturated carbocycles. The lowest BCUT2D eigenvalue weighted by molar-refractivity contribution is 0.233. The highest BCUT2D eigenvalue weighted by Gasteiger charge is 2.26. The molecule has 2 aromatic carbocycles. The molecule has 0 amide bonds. The maximum Gasteiger partial charge on any atom is 0.119 e. The molecule has 5 heteroatoms. The first-order chi connectivity index (χ1) is 11.6. The molecule has 0 aliphatic carbocycles. The van der Waals surface area contributed by atoms with E-state index in [2.05, 4.69) is 24.1 Å². The van der Waals surface area contributed by atoms with Crippen molar-refractivity contribution < 1.29 is 9.84 Å². The van der Waals surface area contributed by atoms with Crippen molar-refractivity contribution in [3.8, 4) is 5.75 Å². The molecule has 24 heavy (non-hydrogen) atoms. The number of likely N-dealkylation sites (N-methyl/N-ethyl adjacent to an activating group) is 1. The van der Waals surface area contributed by atoms with E-state index in [1.54, 1.807) is 6.07 Å². The Morgan fingerprint density at radius 1 is 1.17 bits per heavy atom. The Kier molecular flexibility index (Phi) is 5.67. The molecule has 0 saturated heterocycles. The van der Waals surface area contributed by atoms with Crippen molar-refractivity contribution in [3.05, 3.63) is 63.1 Å². The van der Waals surface area contributed by atoms with Crippen molar-refractivity contribution in [3.63, 3.8) is 0 Å². The van der Waals surface area contributed by atoms with Gasteiger partial charge in [0.2, 0.25) is 0 Å². The zero-order valence-electron chi connectivity index (χ0n) is 13.6. The zero-order chi connectivity index (χ0) is 17.1. The molecule has 0 bridgehead atoms. The van der Waals surface area contributed by atoms with Crippen LogP contribution < -0.4 is 4.74 Å². The Morgan fingerprint density at radius 2 is 1.96 bits per heavy atom. The normalized spacial score (nSPS) is 17.6. The minimum absolute atomic E-state index is 0.144. The van der Waals surface area contributed by atoms with E-state index >= 15 is 0 Å². The summed E-state index contributed by atoms with van der Waals surface area (Å²) in [5.74, 6) is 1.06. The van der Waals surface area contributed by atoms with Crippen molar-refractivity contribution in [1.29, 1.82) is 0 Å². The van der Waals surface area contributed by atoms with Gasteiger partial charge in [-0.1, -0.05) is 35.3 Å². The second-order valence-corrected chi connectivity index (χ2v) is 7.05. The molecule has 1 N–H and O–H groups in total. The zero-order valence-corrected chi connectivity index (χ0v) is 15.1. The van der Waals surface area contributed by atoms with E-state index < -0.39 is 0 Å². The number of nitrogens with zero attached hydrogens (tertiary/aromatic N) is 1. The fraction of sp³-hybridized carbons (Fsp3) is 0.368. The fourth-order valence-electron chi connectivity index (χ4n) is 3.22. The van der Waals surface area contributed by atoms with Crippen molar-refractivity contribution >= 4 is 23.2 Å². The first-order valence-corrected chi connectivity index (χ1v) is 8.84. The van der Waals surface area contributed by atoms with Crippen LogP contribution in [0.25, 0.3) is 0 Å². The summed E-state index contributed by atoms with van der Waals surface area (Å²) in [5.41, 5.74) is 3.64. The van der Waals surface area contributed by atoms with Gasteiger partial charge in [-0.3, -0.25) is 0 Å². The van der Waals surface area contributed by atoms with Gasteiger partial charge >= 0.3 is 0 Å². The predicted molar refractivity (Wildman–Crippen MR) is 98.3 cm³/mol. The van der Waals surface area contributed by atoms with E-state index in [1.165, 1.54) is 11.1 Å². The van der Waals surface area contributed by atoms with Gasteiger partial charge in [-0.05, 0) is 48.0 Å². The van der Waals surface area contributed by atoms with Crippen LogP contribution in [-0.4, -0.2) is 36.8 Å². The van der Waals surface area contributed by atoms with Crippen LogP contribution >= 0.6 is 23.2 Å². The lowest BCUT2D eigenvalue weighted by atomic mass is 9.84. The topological polar surface area (TPSA) is 32.7 Å². The standard InChI is InChI=1S/C19H21Cl2NO2/c1-22-11-13-9-15(24-8-2-7-23)4-6-16(13)18(12-22)17-5-3-14(20)10-19(17)21/h3-6,9-10,18,23H,2,7-8,11-12H2,1H3. The summed E-state index contributed by atoms with van der Waals surface area (Å²) < 4.78 is 5.71. The second kappa shape index (κ2) is 7.75. The summed E-state index contributed by atoms with van der Waals surface area (Å²) in [5, 5.41) is 10.2. The highest BCUT2D eigenvalue weighted by Crippen LogP contribution is 2.38. The van der Waals surface area contributed by atoms with Gasteiger partial charge in [0.1, 0.15) is 5.75 Å². The minimum Gasteiger partial charge on any atom is -0.493 e. The fourth-order valence-corrected chi connectivity index (χ4v) is 3.76. The van der Waals surface area contributed by atoms with Crippen molar-refractivity contribution in [2.24, 2.45) is 0 Å². The summed E-state index contributed by atoms with van der Waals surface area (Å²) in [6.45, 7) is 2.47. The molecule has 2 aromatic rings. The van der Waals surface area contributed by atoms with E-state index in [0.717, 1.165) is 24.4 Å². The molecule has 3 rings (SSSR count). The summed E-state index contributed by atoms with van der Waals surface area (Å²) in [4.78, 5) is 2.29. The van der Waals surface area contributed by atoms with E-state index in [9.17, 15) is 0 Å². The Balaban J connectivity index is 1.92. The summed E-state index contributed by atoms with van der Waals surface area (Å²) in [7, 11) is 2.11. The van der Waals surface area contributed by atoms with Crippen LogP contribution in [0.2, 0.25) is 10.0 Å². The number of ether oxygens (including phenoxy) is 1. The van der Waals surface area contributed by atoms with Gasteiger partial charge in [0.25, 0.3) is 0 Å². The quantitative estimate of drug-likeness (QED) is 0.800. The molecule has 3 nitrogen and oxygen atoms in total. The molecule has 0 spiro atoms. The molecule has 0 fully saturated rings. The monoisotopic (exact) mass is 365 g/mol. The first kappa shape index (κ1) is 17.6. The van der Waals surface area contributed by atoms with E-state index in [1.807, 2.05) is 18.2 Å². The molecule has 1 heterocycles. The maximum absolute atomic E-state index is 8.87. The second-order valence-electron chi connectivity index (χ2n) is 6.20. The molecular formula is C19H21Cl2NO2. The maximum atomic E-state index is 8.87. The average molecular weight is 366 g/mol. The van der Waals surface area contributed by atoms with Gasteiger partial charge in [0.05, 0.1) is 6.61 Å².